The van der Waals surface area contributed by atoms with Gasteiger partial charge in [-0.15, -0.1) is 0 Å². The van der Waals surface area contributed by atoms with Crippen molar-refractivity contribution < 1.29 is 14.4 Å². The second-order valence-electron chi connectivity index (χ2n) is 6.42. The van der Waals surface area contributed by atoms with Crippen LogP contribution in [0.2, 0.25) is 0 Å². The van der Waals surface area contributed by atoms with Crippen LogP contribution < -0.4 is 11.1 Å². The highest BCUT2D eigenvalue weighted by Gasteiger charge is 2.33. The van der Waals surface area contributed by atoms with Gasteiger partial charge in [-0.2, -0.15) is 0 Å². The molecule has 152 valence electrons. The molecule has 1 aromatic carbocycles. The fraction of sp³-hybridized carbons (Fsp3) is 0.571. The quantitative estimate of drug-likeness (QED) is 0.824. The number of nitrogens with two attached hydrogens (primary N) is 1. The van der Waals surface area contributed by atoms with Crippen LogP contribution in [0.5, 0.6) is 0 Å². The number of nitrogens with zero attached hydrogens (tertiary/aromatic N) is 1. The molecule has 1 aliphatic rings. The largest absolute Gasteiger partial charge is 0.347 e. The van der Waals surface area contributed by atoms with E-state index in [1.54, 1.807) is 6.92 Å². The first-order chi connectivity index (χ1) is 12.9. The molecule has 0 bridgehead atoms. The number of ketones is 1. The lowest BCUT2D eigenvalue weighted by Crippen LogP contribution is -2.48. The Hall–Kier alpha value is -2.21. The van der Waals surface area contributed by atoms with E-state index >= 15 is 0 Å². The number of rotatable bonds is 5. The zero-order valence-corrected chi connectivity index (χ0v) is 17.2. The molecule has 0 aliphatic carbocycles. The van der Waals surface area contributed by atoms with Gasteiger partial charge in [0.05, 0.1) is 13.1 Å². The van der Waals surface area contributed by atoms with Crippen LogP contribution in [-0.2, 0) is 14.4 Å². The summed E-state index contributed by atoms with van der Waals surface area (Å²) in [4.78, 5) is 35.9. The highest BCUT2D eigenvalue weighted by molar-refractivity contribution is 5.91. The lowest BCUT2D eigenvalue weighted by Gasteiger charge is -2.23. The van der Waals surface area contributed by atoms with Crippen LogP contribution in [0.1, 0.15) is 52.0 Å². The van der Waals surface area contributed by atoms with Gasteiger partial charge in [-0.1, -0.05) is 63.1 Å². The molecule has 2 rings (SSSR count). The van der Waals surface area contributed by atoms with Gasteiger partial charge in [0.15, 0.2) is 5.78 Å². The van der Waals surface area contributed by atoms with E-state index in [0.29, 0.717) is 19.4 Å². The minimum Gasteiger partial charge on any atom is -0.347 e. The van der Waals surface area contributed by atoms with Crippen LogP contribution in [-0.4, -0.2) is 48.2 Å². The van der Waals surface area contributed by atoms with Gasteiger partial charge < -0.3 is 16.0 Å². The fourth-order valence-electron chi connectivity index (χ4n) is 2.42. The molecule has 1 heterocycles. The van der Waals surface area contributed by atoms with Crippen LogP contribution in [0.25, 0.3) is 0 Å². The molecule has 27 heavy (non-hydrogen) atoms. The number of hydrogen-bond donors (Lipinski definition) is 2. The fourth-order valence-corrected chi connectivity index (χ4v) is 2.42. The van der Waals surface area contributed by atoms with Crippen molar-refractivity contribution in [3.05, 3.63) is 35.9 Å². The van der Waals surface area contributed by atoms with Gasteiger partial charge >= 0.3 is 0 Å². The van der Waals surface area contributed by atoms with Crippen molar-refractivity contribution in [3.63, 3.8) is 0 Å². The molecule has 1 unspecified atom stereocenters. The summed E-state index contributed by atoms with van der Waals surface area (Å²) in [5.74, 6) is -0.497. The Kier molecular flexibility index (Phi) is 13.7. The first-order valence-electron chi connectivity index (χ1n) is 9.71. The smallest absolute Gasteiger partial charge is 0.243 e. The molecule has 3 N–H and O–H groups in total. The van der Waals surface area contributed by atoms with E-state index in [0.717, 1.165) is 6.42 Å². The number of Topliss-reactive ketones (excluding diaryl/α,β-unsaturated/α-hetero) is 1. The minimum atomic E-state index is -0.462. The maximum absolute atomic E-state index is 11.8. The average Bonchev–Trinajstić information content (AvgIpc) is 3.17. The molecule has 0 radical (unpaired) electrons. The molecule has 2 amide bonds. The lowest BCUT2D eigenvalue weighted by molar-refractivity contribution is -0.137. The van der Waals surface area contributed by atoms with E-state index in [-0.39, 0.29) is 30.7 Å². The minimum absolute atomic E-state index is 0.0203. The van der Waals surface area contributed by atoms with E-state index in [1.165, 1.54) is 16.9 Å². The summed E-state index contributed by atoms with van der Waals surface area (Å²) in [7, 11) is 0. The Balaban J connectivity index is 0.000000555. The van der Waals surface area contributed by atoms with Gasteiger partial charge in [0.1, 0.15) is 6.04 Å². The molecule has 1 saturated heterocycles. The normalized spacial score (nSPS) is 15.0. The molecule has 1 atom stereocenters. The molecule has 0 aromatic heterocycles. The number of likely N-dealkylation sites (tertiary alicyclic amines) is 1. The molecule has 1 aromatic rings. The summed E-state index contributed by atoms with van der Waals surface area (Å²) in [5, 5.41) is 2.56. The Morgan fingerprint density at radius 3 is 2.19 bits per heavy atom. The third-order valence-electron chi connectivity index (χ3n) is 3.84. The van der Waals surface area contributed by atoms with Gasteiger partial charge in [-0.3, -0.25) is 14.4 Å². The molecule has 1 aliphatic heterocycles. The second-order valence-corrected chi connectivity index (χ2v) is 6.42. The zero-order chi connectivity index (χ0) is 20.7. The van der Waals surface area contributed by atoms with Gasteiger partial charge in [0, 0.05) is 13.0 Å². The van der Waals surface area contributed by atoms with Gasteiger partial charge in [-0.25, -0.2) is 0 Å². The van der Waals surface area contributed by atoms with Crippen LogP contribution in [0.15, 0.2) is 30.3 Å². The van der Waals surface area contributed by atoms with Crippen molar-refractivity contribution in [2.24, 2.45) is 5.73 Å². The maximum Gasteiger partial charge on any atom is 0.243 e. The highest BCUT2D eigenvalue weighted by Crippen LogP contribution is 2.17. The summed E-state index contributed by atoms with van der Waals surface area (Å²) >= 11 is 0. The van der Waals surface area contributed by atoms with E-state index in [4.69, 9.17) is 5.73 Å². The topological polar surface area (TPSA) is 92.5 Å². The Morgan fingerprint density at radius 2 is 1.74 bits per heavy atom. The molecule has 0 saturated carbocycles. The van der Waals surface area contributed by atoms with E-state index < -0.39 is 6.04 Å². The van der Waals surface area contributed by atoms with E-state index in [1.807, 2.05) is 18.2 Å². The summed E-state index contributed by atoms with van der Waals surface area (Å²) < 4.78 is 0. The number of aryl methyl sites for hydroxylation is 1. The molecule has 0 spiro atoms. The number of carbonyl (C=O) groups is 3. The third kappa shape index (κ3) is 10.5. The summed E-state index contributed by atoms with van der Waals surface area (Å²) in [6.07, 6.45) is 3.08. The monoisotopic (exact) mass is 377 g/mol. The first-order valence-corrected chi connectivity index (χ1v) is 9.71. The summed E-state index contributed by atoms with van der Waals surface area (Å²) in [6, 6.07) is 9.80. The Labute approximate surface area is 163 Å². The number of carbonyl (C=O) groups excluding carboxylic acids is 3. The number of amides is 2. The maximum atomic E-state index is 11.8. The van der Waals surface area contributed by atoms with E-state index in [2.05, 4.69) is 38.2 Å². The standard InChI is InChI=1S/C11H19N3O3.C7H8.C3H8/c1-2-8(15)7-13-11(17)9-4-3-5-14(9)10(16)6-12;1-7-5-3-2-4-6-7;1-3-2/h9H,2-7,12H2,1H3,(H,13,17);2-6H,1H3;3H2,1-2H3. The molecule has 6 nitrogen and oxygen atoms in total. The lowest BCUT2D eigenvalue weighted by atomic mass is 10.2. The van der Waals surface area contributed by atoms with Crippen LogP contribution in [0, 0.1) is 6.92 Å². The molecule has 1 fully saturated rings. The van der Waals surface area contributed by atoms with E-state index in [9.17, 15) is 14.4 Å². The average molecular weight is 378 g/mol. The predicted molar refractivity (Wildman–Crippen MR) is 109 cm³/mol. The van der Waals surface area contributed by atoms with Crippen molar-refractivity contribution in [3.8, 4) is 0 Å². The highest BCUT2D eigenvalue weighted by atomic mass is 16.2. The van der Waals surface area contributed by atoms with Crippen molar-refractivity contribution in [1.29, 1.82) is 0 Å². The molecular formula is C21H35N3O3. The van der Waals surface area contributed by atoms with Crippen molar-refractivity contribution >= 4 is 17.6 Å². The van der Waals surface area contributed by atoms with Crippen molar-refractivity contribution in [2.75, 3.05) is 19.6 Å². The molecular weight excluding hydrogens is 342 g/mol. The first kappa shape index (κ1) is 24.8. The zero-order valence-electron chi connectivity index (χ0n) is 17.2. The Bertz CT molecular complexity index is 561. The van der Waals surface area contributed by atoms with Crippen LogP contribution in [0.3, 0.4) is 0 Å². The number of benzene rings is 1. The van der Waals surface area contributed by atoms with Crippen LogP contribution >= 0.6 is 0 Å². The predicted octanol–water partition coefficient (Wildman–Crippen LogP) is 2.44. The van der Waals surface area contributed by atoms with Gasteiger partial charge in [-0.05, 0) is 19.8 Å². The molecule has 6 heteroatoms. The summed E-state index contributed by atoms with van der Waals surface area (Å²) in [5.41, 5.74) is 6.60. The van der Waals surface area contributed by atoms with Gasteiger partial charge in [0.25, 0.3) is 0 Å². The second kappa shape index (κ2) is 14.9. The van der Waals surface area contributed by atoms with Crippen LogP contribution in [0.4, 0.5) is 0 Å². The number of hydrogen-bond acceptors (Lipinski definition) is 4. The SMILES string of the molecule is CCC.CCC(=O)CNC(=O)C1CCCN1C(=O)CN.Cc1ccccc1. The van der Waals surface area contributed by atoms with Crippen molar-refractivity contribution in [2.45, 2.75) is 59.4 Å². The van der Waals surface area contributed by atoms with Gasteiger partial charge in [0.2, 0.25) is 11.8 Å². The summed E-state index contributed by atoms with van der Waals surface area (Å²) in [6.45, 7) is 8.60. The third-order valence-corrected chi connectivity index (χ3v) is 3.84. The Morgan fingerprint density at radius 1 is 1.15 bits per heavy atom. The van der Waals surface area contributed by atoms with Crippen molar-refractivity contribution in [1.82, 2.24) is 10.2 Å². The number of nitrogens with one attached hydrogen (secondary N) is 1.